The molecule has 0 aromatic carbocycles. The fourth-order valence-electron chi connectivity index (χ4n) is 5.86. The molecule has 6 heteroatoms. The van der Waals surface area contributed by atoms with Crippen molar-refractivity contribution in [2.75, 3.05) is 5.32 Å². The summed E-state index contributed by atoms with van der Waals surface area (Å²) in [6, 6.07) is 2.30. The number of carboxylic acids is 1. The first-order chi connectivity index (χ1) is 12.5. The van der Waals surface area contributed by atoms with Gasteiger partial charge in [-0.25, -0.2) is 9.78 Å². The number of aliphatic carboxylic acids is 1. The minimum atomic E-state index is -0.970. The molecule has 2 atom stereocenters. The smallest absolute Gasteiger partial charge is 0.328 e. The predicted octanol–water partition coefficient (Wildman–Crippen LogP) is 3.01. The third kappa shape index (κ3) is 2.51. The monoisotopic (exact) mass is 353 g/mol. The topological polar surface area (TPSA) is 98.2 Å². The van der Waals surface area contributed by atoms with Crippen LogP contribution in [0.2, 0.25) is 0 Å². The maximum atomic E-state index is 11.0. The molecular weight excluding hydrogens is 330 g/mol. The number of fused-ring (bicyclic) bond motifs is 1. The van der Waals surface area contributed by atoms with E-state index in [2.05, 4.69) is 15.3 Å². The Hall–Kier alpha value is -2.34. The van der Waals surface area contributed by atoms with Gasteiger partial charge in [-0.1, -0.05) is 0 Å². The first kappa shape index (κ1) is 15.9. The van der Waals surface area contributed by atoms with Crippen LogP contribution in [0.3, 0.4) is 0 Å². The minimum absolute atomic E-state index is 0.323. The number of anilines is 1. The zero-order chi connectivity index (χ0) is 17.9. The van der Waals surface area contributed by atoms with Gasteiger partial charge in [0.05, 0.1) is 11.3 Å². The summed E-state index contributed by atoms with van der Waals surface area (Å²) in [7, 11) is 0. The lowest BCUT2D eigenvalue weighted by Gasteiger charge is -2.58. The number of carboxylic acid groups (broad SMARTS) is 1. The number of nitrogens with zero attached hydrogens (tertiary/aromatic N) is 1. The van der Waals surface area contributed by atoms with Crippen LogP contribution in [0.1, 0.15) is 37.7 Å². The van der Waals surface area contributed by atoms with Gasteiger partial charge in [-0.05, 0) is 62.0 Å². The van der Waals surface area contributed by atoms with E-state index in [0.717, 1.165) is 47.6 Å². The van der Waals surface area contributed by atoms with E-state index >= 15 is 0 Å². The van der Waals surface area contributed by atoms with Gasteiger partial charge in [-0.15, -0.1) is 0 Å². The van der Waals surface area contributed by atoms with Gasteiger partial charge in [0, 0.05) is 35.5 Å². The molecule has 4 aliphatic rings. The number of carbonyl (C=O) groups is 1. The summed E-state index contributed by atoms with van der Waals surface area (Å²) in [6.45, 7) is 0. The van der Waals surface area contributed by atoms with Gasteiger partial charge in [0.2, 0.25) is 0 Å². The Bertz CT molecular complexity index is 887. The average Bonchev–Trinajstić information content (AvgIpc) is 3.04. The minimum Gasteiger partial charge on any atom is -0.478 e. The third-order valence-electron chi connectivity index (χ3n) is 6.57. The Morgan fingerprint density at radius 3 is 2.77 bits per heavy atom. The van der Waals surface area contributed by atoms with Crippen LogP contribution in [0, 0.1) is 17.8 Å². The van der Waals surface area contributed by atoms with Crippen molar-refractivity contribution < 1.29 is 15.0 Å². The molecule has 4 N–H and O–H groups in total. The number of hydrogen-bond acceptors (Lipinski definition) is 4. The van der Waals surface area contributed by atoms with Gasteiger partial charge >= 0.3 is 5.97 Å². The lowest BCUT2D eigenvalue weighted by Crippen LogP contribution is -2.59. The highest BCUT2D eigenvalue weighted by Crippen LogP contribution is 2.56. The predicted molar refractivity (Wildman–Crippen MR) is 98.7 cm³/mol. The van der Waals surface area contributed by atoms with Crippen molar-refractivity contribution in [1.82, 2.24) is 9.97 Å². The number of aliphatic hydroxyl groups is 1. The van der Waals surface area contributed by atoms with Crippen LogP contribution in [0.25, 0.3) is 17.1 Å². The second kappa shape index (κ2) is 5.58. The van der Waals surface area contributed by atoms with E-state index in [1.54, 1.807) is 12.3 Å². The summed E-state index contributed by atoms with van der Waals surface area (Å²) in [4.78, 5) is 18.5. The summed E-state index contributed by atoms with van der Waals surface area (Å²) < 4.78 is 0. The molecule has 0 aliphatic heterocycles. The number of aromatic amines is 1. The molecule has 6 rings (SSSR count). The van der Waals surface area contributed by atoms with Crippen LogP contribution in [-0.2, 0) is 4.79 Å². The molecule has 2 heterocycles. The van der Waals surface area contributed by atoms with E-state index in [1.807, 2.05) is 12.3 Å². The van der Waals surface area contributed by atoms with Crippen LogP contribution in [-0.4, -0.2) is 37.8 Å². The second-order valence-corrected chi connectivity index (χ2v) is 8.36. The first-order valence-corrected chi connectivity index (χ1v) is 9.37. The Balaban J connectivity index is 1.52. The van der Waals surface area contributed by atoms with Crippen molar-refractivity contribution in [1.29, 1.82) is 0 Å². The van der Waals surface area contributed by atoms with Crippen molar-refractivity contribution in [2.24, 2.45) is 17.8 Å². The lowest BCUT2D eigenvalue weighted by atomic mass is 9.52. The molecular formula is C20H23N3O3. The van der Waals surface area contributed by atoms with E-state index in [-0.39, 0.29) is 0 Å². The molecule has 2 aromatic heterocycles. The van der Waals surface area contributed by atoms with Gasteiger partial charge in [0.15, 0.2) is 0 Å². The summed E-state index contributed by atoms with van der Waals surface area (Å²) >= 11 is 0. The van der Waals surface area contributed by atoms with Crippen LogP contribution >= 0.6 is 0 Å². The molecule has 0 spiro atoms. The van der Waals surface area contributed by atoms with Crippen LogP contribution in [0.4, 0.5) is 5.69 Å². The molecule has 0 amide bonds. The number of pyridine rings is 1. The molecule has 26 heavy (non-hydrogen) atoms. The molecule has 6 nitrogen and oxygen atoms in total. The number of aromatic nitrogens is 2. The lowest BCUT2D eigenvalue weighted by molar-refractivity contribution is -0.131. The molecule has 0 radical (unpaired) electrons. The van der Waals surface area contributed by atoms with E-state index in [4.69, 9.17) is 5.11 Å². The maximum Gasteiger partial charge on any atom is 0.328 e. The highest BCUT2D eigenvalue weighted by Gasteiger charge is 2.54. The van der Waals surface area contributed by atoms with Crippen molar-refractivity contribution in [3.8, 4) is 0 Å². The van der Waals surface area contributed by atoms with Gasteiger partial charge in [0.1, 0.15) is 5.65 Å². The molecule has 136 valence electrons. The van der Waals surface area contributed by atoms with Crippen LogP contribution < -0.4 is 5.32 Å². The average molecular weight is 353 g/mol. The summed E-state index contributed by atoms with van der Waals surface area (Å²) in [5, 5.41) is 24.5. The molecule has 2 unspecified atom stereocenters. The largest absolute Gasteiger partial charge is 0.478 e. The Morgan fingerprint density at radius 1 is 1.31 bits per heavy atom. The molecule has 2 aromatic rings. The quantitative estimate of drug-likeness (QED) is 0.634. The van der Waals surface area contributed by atoms with Crippen molar-refractivity contribution in [2.45, 2.75) is 43.7 Å². The van der Waals surface area contributed by atoms with E-state index in [0.29, 0.717) is 23.8 Å². The SMILES string of the molecule is O=C(O)/C=C/c1cnc2[nH]ccc2c1NC1C2CC3CC1CC(O)(C3)C2. The van der Waals surface area contributed by atoms with E-state index in [1.165, 1.54) is 12.8 Å². The molecule has 4 bridgehead atoms. The maximum absolute atomic E-state index is 11.0. The number of hydrogen-bond donors (Lipinski definition) is 4. The molecule has 4 fully saturated rings. The summed E-state index contributed by atoms with van der Waals surface area (Å²) in [5.41, 5.74) is 2.06. The van der Waals surface area contributed by atoms with E-state index in [9.17, 15) is 9.90 Å². The van der Waals surface area contributed by atoms with Gasteiger partial charge in [-0.3, -0.25) is 0 Å². The molecule has 4 saturated carbocycles. The Morgan fingerprint density at radius 2 is 2.08 bits per heavy atom. The van der Waals surface area contributed by atoms with Crippen LogP contribution in [0.5, 0.6) is 0 Å². The Labute approximate surface area is 151 Å². The highest BCUT2D eigenvalue weighted by atomic mass is 16.4. The normalized spacial score (nSPS) is 35.4. The zero-order valence-corrected chi connectivity index (χ0v) is 14.5. The Kier molecular flexibility index (Phi) is 3.41. The van der Waals surface area contributed by atoms with Crippen molar-refractivity contribution in [3.63, 3.8) is 0 Å². The summed E-state index contributed by atoms with van der Waals surface area (Å²) in [6.07, 6.45) is 11.4. The standard InChI is InChI=1S/C20H23N3O3/c24-16(25)2-1-12-10-22-19-15(3-4-21-19)18(12)23-17-13-5-11-6-14(17)9-20(26,7-11)8-13/h1-4,10-11,13-14,17,26H,5-9H2,(H,24,25)(H2,21,22,23)/b2-1+. The van der Waals surface area contributed by atoms with Gasteiger partial charge in [0.25, 0.3) is 0 Å². The molecule has 4 aliphatic carbocycles. The zero-order valence-electron chi connectivity index (χ0n) is 14.5. The highest BCUT2D eigenvalue weighted by molar-refractivity contribution is 5.96. The first-order valence-electron chi connectivity index (χ1n) is 9.37. The van der Waals surface area contributed by atoms with Crippen LogP contribution in [0.15, 0.2) is 24.5 Å². The number of nitrogens with one attached hydrogen (secondary N) is 2. The van der Waals surface area contributed by atoms with E-state index < -0.39 is 11.6 Å². The molecule has 0 saturated heterocycles. The van der Waals surface area contributed by atoms with Crippen molar-refractivity contribution in [3.05, 3.63) is 30.1 Å². The fraction of sp³-hybridized carbons (Fsp3) is 0.500. The summed E-state index contributed by atoms with van der Waals surface area (Å²) in [5.74, 6) is 0.642. The van der Waals surface area contributed by atoms with Crippen molar-refractivity contribution >= 4 is 28.8 Å². The number of rotatable bonds is 4. The fourth-order valence-corrected chi connectivity index (χ4v) is 5.86. The van der Waals surface area contributed by atoms with Gasteiger partial charge < -0.3 is 20.5 Å². The van der Waals surface area contributed by atoms with Gasteiger partial charge in [-0.2, -0.15) is 0 Å². The number of H-pyrrole nitrogens is 1. The third-order valence-corrected chi connectivity index (χ3v) is 6.57. The second-order valence-electron chi connectivity index (χ2n) is 8.36.